The predicted octanol–water partition coefficient (Wildman–Crippen LogP) is 3.77. The maximum Gasteiger partial charge on any atom is 0.255 e. The number of hydrogen-bond donors (Lipinski definition) is 1. The number of aromatic amines is 1. The average molecular weight is 394 g/mol. The second-order valence-electron chi connectivity index (χ2n) is 3.56. The zero-order chi connectivity index (χ0) is 12.0. The van der Waals surface area contributed by atoms with Gasteiger partial charge in [-0.15, -0.1) is 11.3 Å². The summed E-state index contributed by atoms with van der Waals surface area (Å²) in [5, 5.41) is 0. The molecular weight excluding hydrogens is 388 g/mol. The van der Waals surface area contributed by atoms with Gasteiger partial charge in [0.25, 0.3) is 5.56 Å². The number of thiophene rings is 1. The van der Waals surface area contributed by atoms with E-state index in [-0.39, 0.29) is 5.56 Å². The molecule has 0 aromatic carbocycles. The van der Waals surface area contributed by atoms with Gasteiger partial charge in [-0.3, -0.25) is 4.79 Å². The first kappa shape index (κ1) is 12.0. The van der Waals surface area contributed by atoms with Gasteiger partial charge in [-0.2, -0.15) is 11.8 Å². The van der Waals surface area contributed by atoms with E-state index in [0.29, 0.717) is 5.82 Å². The van der Waals surface area contributed by atoms with Crippen molar-refractivity contribution in [2.45, 2.75) is 11.5 Å². The lowest BCUT2D eigenvalue weighted by Gasteiger charge is -2.00. The number of fused-ring (bicyclic) bond motifs is 1. The highest BCUT2D eigenvalue weighted by Gasteiger charge is 2.19. The highest BCUT2D eigenvalue weighted by atomic mass is 79.9. The second-order valence-corrected chi connectivity index (χ2v) is 7.77. The predicted molar refractivity (Wildman–Crippen MR) is 78.6 cm³/mol. The summed E-state index contributed by atoms with van der Waals surface area (Å²) in [6, 6.07) is 1.96. The third-order valence-corrected chi connectivity index (χ3v) is 6.70. The van der Waals surface area contributed by atoms with Crippen molar-refractivity contribution < 1.29 is 0 Å². The summed E-state index contributed by atoms with van der Waals surface area (Å²) in [5.41, 5.74) is 1.75. The molecule has 1 aliphatic rings. The van der Waals surface area contributed by atoms with Crippen molar-refractivity contribution in [3.8, 4) is 10.7 Å². The molecule has 1 N–H and O–H groups in total. The normalized spacial score (nSPS) is 14.0. The summed E-state index contributed by atoms with van der Waals surface area (Å²) in [7, 11) is 0. The third-order valence-electron chi connectivity index (χ3n) is 2.46. The first-order valence-corrected chi connectivity index (χ1v) is 8.36. The summed E-state index contributed by atoms with van der Waals surface area (Å²) >= 11 is 10.2. The smallest absolute Gasteiger partial charge is 0.255 e. The monoisotopic (exact) mass is 392 g/mol. The molecule has 88 valence electrons. The van der Waals surface area contributed by atoms with Crippen molar-refractivity contribution in [1.82, 2.24) is 9.97 Å². The topological polar surface area (TPSA) is 45.8 Å². The van der Waals surface area contributed by atoms with Crippen molar-refractivity contribution in [3.05, 3.63) is 35.9 Å². The van der Waals surface area contributed by atoms with Crippen molar-refractivity contribution in [3.63, 3.8) is 0 Å². The third kappa shape index (κ3) is 2.14. The van der Waals surface area contributed by atoms with Crippen LogP contribution in [0.1, 0.15) is 11.3 Å². The van der Waals surface area contributed by atoms with Crippen molar-refractivity contribution in [2.75, 3.05) is 0 Å². The molecule has 0 spiro atoms. The van der Waals surface area contributed by atoms with Crippen LogP contribution in [0, 0.1) is 0 Å². The lowest BCUT2D eigenvalue weighted by Crippen LogP contribution is -2.14. The Morgan fingerprint density at radius 2 is 2.18 bits per heavy atom. The molecule has 3 heterocycles. The van der Waals surface area contributed by atoms with Crippen LogP contribution in [0.25, 0.3) is 10.7 Å². The summed E-state index contributed by atoms with van der Waals surface area (Å²) in [6.07, 6.45) is 0. The SMILES string of the molecule is O=c1[nH]c(-c2cc(Br)c(Br)s2)nc2c1CSC2. The minimum Gasteiger partial charge on any atom is -0.306 e. The number of hydrogen-bond acceptors (Lipinski definition) is 4. The van der Waals surface area contributed by atoms with Gasteiger partial charge in [0.15, 0.2) is 5.82 Å². The van der Waals surface area contributed by atoms with Gasteiger partial charge < -0.3 is 4.98 Å². The Balaban J connectivity index is 2.16. The molecule has 0 bridgehead atoms. The summed E-state index contributed by atoms with van der Waals surface area (Å²) in [5.74, 6) is 2.27. The van der Waals surface area contributed by atoms with Gasteiger partial charge in [0.1, 0.15) is 0 Å². The van der Waals surface area contributed by atoms with Crippen LogP contribution in [-0.2, 0) is 11.5 Å². The fourth-order valence-corrected chi connectivity index (χ4v) is 4.66. The Morgan fingerprint density at radius 3 is 2.88 bits per heavy atom. The summed E-state index contributed by atoms with van der Waals surface area (Å²) < 4.78 is 1.99. The number of nitrogens with zero attached hydrogens (tertiary/aromatic N) is 1. The van der Waals surface area contributed by atoms with Crippen LogP contribution in [-0.4, -0.2) is 9.97 Å². The second kappa shape index (κ2) is 4.53. The molecule has 3 nitrogen and oxygen atoms in total. The van der Waals surface area contributed by atoms with Crippen LogP contribution >= 0.6 is 55.0 Å². The molecular formula is C10H6Br2N2OS2. The lowest BCUT2D eigenvalue weighted by molar-refractivity contribution is 1.04. The molecule has 17 heavy (non-hydrogen) atoms. The molecule has 0 radical (unpaired) electrons. The number of rotatable bonds is 1. The maximum atomic E-state index is 11.9. The molecule has 0 unspecified atom stereocenters. The summed E-state index contributed by atoms with van der Waals surface area (Å²) in [6.45, 7) is 0. The first-order chi connectivity index (χ1) is 8.15. The van der Waals surface area contributed by atoms with E-state index in [4.69, 9.17) is 0 Å². The van der Waals surface area contributed by atoms with Crippen molar-refractivity contribution in [2.24, 2.45) is 0 Å². The van der Waals surface area contributed by atoms with Gasteiger partial charge in [-0.05, 0) is 37.9 Å². The van der Waals surface area contributed by atoms with Gasteiger partial charge in [0, 0.05) is 21.5 Å². The minimum atomic E-state index is -0.00403. The maximum absolute atomic E-state index is 11.9. The van der Waals surface area contributed by atoms with Crippen LogP contribution < -0.4 is 5.56 Å². The lowest BCUT2D eigenvalue weighted by atomic mass is 10.2. The number of H-pyrrole nitrogens is 1. The highest BCUT2D eigenvalue weighted by molar-refractivity contribution is 9.13. The molecule has 1 aliphatic heterocycles. The van der Waals surface area contributed by atoms with Crippen molar-refractivity contribution in [1.29, 1.82) is 0 Å². The molecule has 2 aromatic heterocycles. The van der Waals surface area contributed by atoms with E-state index in [2.05, 4.69) is 41.8 Å². The fraction of sp³-hybridized carbons (Fsp3) is 0.200. The largest absolute Gasteiger partial charge is 0.306 e. The fourth-order valence-electron chi connectivity index (χ4n) is 1.64. The zero-order valence-electron chi connectivity index (χ0n) is 8.42. The minimum absolute atomic E-state index is 0.00403. The average Bonchev–Trinajstić information content (AvgIpc) is 2.87. The number of thioether (sulfide) groups is 1. The molecule has 0 saturated heterocycles. The molecule has 3 rings (SSSR count). The van der Waals surface area contributed by atoms with Gasteiger partial charge in [0.05, 0.1) is 14.4 Å². The molecule has 0 atom stereocenters. The van der Waals surface area contributed by atoms with Crippen LogP contribution in [0.3, 0.4) is 0 Å². The number of aromatic nitrogens is 2. The van der Waals surface area contributed by atoms with E-state index in [1.165, 1.54) is 0 Å². The molecule has 2 aromatic rings. The molecule has 0 aliphatic carbocycles. The zero-order valence-corrected chi connectivity index (χ0v) is 13.2. The molecule has 0 fully saturated rings. The van der Waals surface area contributed by atoms with Gasteiger partial charge in [-0.25, -0.2) is 4.98 Å². The standard InChI is InChI=1S/C10H6Br2N2OS2/c11-5-1-7(17-8(5)12)9-13-6-3-16-2-4(6)10(15)14-9/h1H,2-3H2,(H,13,14,15). The van der Waals surface area contributed by atoms with E-state index in [0.717, 1.165) is 35.9 Å². The van der Waals surface area contributed by atoms with Crippen LogP contribution in [0.5, 0.6) is 0 Å². The van der Waals surface area contributed by atoms with E-state index in [9.17, 15) is 4.79 Å². The van der Waals surface area contributed by atoms with Crippen LogP contribution in [0.4, 0.5) is 0 Å². The Kier molecular flexibility index (Phi) is 3.18. The van der Waals surface area contributed by atoms with E-state index in [1.807, 2.05) is 6.07 Å². The van der Waals surface area contributed by atoms with Gasteiger partial charge in [0.2, 0.25) is 0 Å². The molecule has 7 heteroatoms. The van der Waals surface area contributed by atoms with Crippen molar-refractivity contribution >= 4 is 55.0 Å². The molecule has 0 saturated carbocycles. The Labute approximate surface area is 122 Å². The molecule has 0 amide bonds. The number of halogens is 2. The van der Waals surface area contributed by atoms with Crippen LogP contribution in [0.15, 0.2) is 19.1 Å². The Morgan fingerprint density at radius 1 is 1.35 bits per heavy atom. The first-order valence-electron chi connectivity index (χ1n) is 4.80. The van der Waals surface area contributed by atoms with E-state index >= 15 is 0 Å². The Bertz CT molecular complexity index is 631. The quantitative estimate of drug-likeness (QED) is 0.801. The summed E-state index contributed by atoms with van der Waals surface area (Å²) in [4.78, 5) is 20.2. The van der Waals surface area contributed by atoms with Gasteiger partial charge >= 0.3 is 0 Å². The Hall–Kier alpha value is -0.110. The number of nitrogens with one attached hydrogen (secondary N) is 1. The van der Waals surface area contributed by atoms with Crippen LogP contribution in [0.2, 0.25) is 0 Å². The van der Waals surface area contributed by atoms with E-state index < -0.39 is 0 Å². The van der Waals surface area contributed by atoms with E-state index in [1.54, 1.807) is 23.1 Å². The van der Waals surface area contributed by atoms with Gasteiger partial charge in [-0.1, -0.05) is 0 Å². The highest BCUT2D eigenvalue weighted by Crippen LogP contribution is 2.37.